The third kappa shape index (κ3) is 6.38. The monoisotopic (exact) mass is 545 g/mol. The summed E-state index contributed by atoms with van der Waals surface area (Å²) in [5, 5.41) is 103. The van der Waals surface area contributed by atoms with Gasteiger partial charge in [0.25, 0.3) is 0 Å². The standard InChI is InChI=1S/C20H35NO16/c1-5(25)21-9-16(36-20-15(31)13(29)10(26)7(3-23)35-20)12(28)8(4-24)34-19(9)37-17-14(30)11(27)6(2-22)33-18(17)32/h6-20,22-24,26-32H,2-4H2,1H3,(H,21,25)/t6-,7-,8-,9-,10+,11-,12-,13+,14+,15-,16-,17+,18-,19+,20+/m1/s1. The zero-order valence-electron chi connectivity index (χ0n) is 19.7. The highest BCUT2D eigenvalue weighted by molar-refractivity contribution is 5.73. The number of nitrogens with one attached hydrogen (secondary N) is 1. The highest BCUT2D eigenvalue weighted by Crippen LogP contribution is 2.32. The largest absolute Gasteiger partial charge is 0.394 e. The van der Waals surface area contributed by atoms with Crippen LogP contribution in [0.2, 0.25) is 0 Å². The molecule has 216 valence electrons. The van der Waals surface area contributed by atoms with Crippen molar-refractivity contribution in [1.82, 2.24) is 5.32 Å². The zero-order valence-corrected chi connectivity index (χ0v) is 19.7. The Hall–Kier alpha value is -1.13. The van der Waals surface area contributed by atoms with E-state index in [0.29, 0.717) is 0 Å². The van der Waals surface area contributed by atoms with Gasteiger partial charge in [-0.05, 0) is 0 Å². The highest BCUT2D eigenvalue weighted by Gasteiger charge is 2.54. The normalized spacial score (nSPS) is 49.0. The number of aliphatic hydroxyl groups excluding tert-OH is 10. The molecule has 17 heteroatoms. The number of hydrogen-bond acceptors (Lipinski definition) is 16. The van der Waals surface area contributed by atoms with Crippen LogP contribution >= 0.6 is 0 Å². The van der Waals surface area contributed by atoms with Crippen molar-refractivity contribution in [1.29, 1.82) is 0 Å². The third-order valence-electron chi connectivity index (χ3n) is 6.50. The van der Waals surface area contributed by atoms with Gasteiger partial charge in [0.2, 0.25) is 5.91 Å². The smallest absolute Gasteiger partial charge is 0.217 e. The van der Waals surface area contributed by atoms with Crippen LogP contribution in [0.3, 0.4) is 0 Å². The van der Waals surface area contributed by atoms with Gasteiger partial charge in [0.15, 0.2) is 18.9 Å². The molecule has 0 aliphatic carbocycles. The van der Waals surface area contributed by atoms with E-state index in [0.717, 1.165) is 6.92 Å². The quantitative estimate of drug-likeness (QED) is 0.135. The minimum Gasteiger partial charge on any atom is -0.394 e. The molecule has 0 aromatic carbocycles. The lowest BCUT2D eigenvalue weighted by molar-refractivity contribution is -0.367. The maximum Gasteiger partial charge on any atom is 0.217 e. The van der Waals surface area contributed by atoms with E-state index in [4.69, 9.17) is 23.7 Å². The number of rotatable bonds is 8. The molecule has 0 bridgehead atoms. The number of amides is 1. The van der Waals surface area contributed by atoms with E-state index in [1.807, 2.05) is 0 Å². The Kier molecular flexibility index (Phi) is 10.5. The molecule has 3 aliphatic heterocycles. The lowest BCUT2D eigenvalue weighted by Crippen LogP contribution is -2.69. The van der Waals surface area contributed by atoms with Gasteiger partial charge in [-0.15, -0.1) is 0 Å². The molecule has 15 atom stereocenters. The molecule has 17 nitrogen and oxygen atoms in total. The fraction of sp³-hybridized carbons (Fsp3) is 0.950. The summed E-state index contributed by atoms with van der Waals surface area (Å²) in [5.74, 6) is -0.694. The highest BCUT2D eigenvalue weighted by atomic mass is 16.7. The summed E-state index contributed by atoms with van der Waals surface area (Å²) in [6.45, 7) is -1.22. The van der Waals surface area contributed by atoms with Crippen molar-refractivity contribution in [2.75, 3.05) is 19.8 Å². The number of hydrogen-bond donors (Lipinski definition) is 11. The molecule has 3 rings (SSSR count). The van der Waals surface area contributed by atoms with Gasteiger partial charge < -0.3 is 80.1 Å². The molecule has 0 spiro atoms. The van der Waals surface area contributed by atoms with Crippen molar-refractivity contribution in [3.63, 3.8) is 0 Å². The van der Waals surface area contributed by atoms with E-state index in [-0.39, 0.29) is 0 Å². The first kappa shape index (κ1) is 30.4. The number of aliphatic hydroxyl groups is 10. The Balaban J connectivity index is 1.88. The minimum atomic E-state index is -1.89. The Labute approximate surface area is 210 Å². The fourth-order valence-electron chi connectivity index (χ4n) is 4.44. The molecule has 3 fully saturated rings. The van der Waals surface area contributed by atoms with Gasteiger partial charge >= 0.3 is 0 Å². The second-order valence-corrected chi connectivity index (χ2v) is 9.07. The van der Waals surface area contributed by atoms with Gasteiger partial charge in [-0.1, -0.05) is 0 Å². The Bertz CT molecular complexity index is 745. The molecule has 0 saturated carbocycles. The molecule has 0 radical (unpaired) electrons. The fourth-order valence-corrected chi connectivity index (χ4v) is 4.44. The molecule has 3 saturated heterocycles. The average molecular weight is 545 g/mol. The van der Waals surface area contributed by atoms with Crippen molar-refractivity contribution >= 4 is 5.91 Å². The predicted molar refractivity (Wildman–Crippen MR) is 113 cm³/mol. The molecule has 11 N–H and O–H groups in total. The minimum absolute atomic E-state index is 0.694. The number of carbonyl (C=O) groups is 1. The van der Waals surface area contributed by atoms with Gasteiger partial charge in [-0.3, -0.25) is 4.79 Å². The van der Waals surface area contributed by atoms with Crippen molar-refractivity contribution in [3.8, 4) is 0 Å². The predicted octanol–water partition coefficient (Wildman–Crippen LogP) is -7.43. The topological polar surface area (TPSA) is 278 Å². The van der Waals surface area contributed by atoms with E-state index < -0.39 is 118 Å². The van der Waals surface area contributed by atoms with Crippen LogP contribution < -0.4 is 5.32 Å². The van der Waals surface area contributed by atoms with Crippen molar-refractivity contribution in [2.24, 2.45) is 0 Å². The summed E-state index contributed by atoms with van der Waals surface area (Å²) >= 11 is 0. The maximum atomic E-state index is 12.0. The second-order valence-electron chi connectivity index (χ2n) is 9.07. The van der Waals surface area contributed by atoms with E-state index >= 15 is 0 Å². The second kappa shape index (κ2) is 12.8. The van der Waals surface area contributed by atoms with Crippen molar-refractivity contribution in [3.05, 3.63) is 0 Å². The first-order chi connectivity index (χ1) is 17.4. The lowest BCUT2D eigenvalue weighted by Gasteiger charge is -2.49. The molecular formula is C20H35NO16. The summed E-state index contributed by atoms with van der Waals surface area (Å²) in [4.78, 5) is 12.0. The van der Waals surface area contributed by atoms with Gasteiger partial charge in [-0.25, -0.2) is 0 Å². The first-order valence-electron chi connectivity index (χ1n) is 11.6. The molecule has 0 unspecified atom stereocenters. The van der Waals surface area contributed by atoms with Crippen LogP contribution in [0.4, 0.5) is 0 Å². The Morgan fingerprint density at radius 2 is 1.14 bits per heavy atom. The summed E-state index contributed by atoms with van der Waals surface area (Å²) in [5.41, 5.74) is 0. The zero-order chi connectivity index (χ0) is 27.6. The molecule has 0 aromatic heterocycles. The Morgan fingerprint density at radius 1 is 0.649 bits per heavy atom. The molecule has 0 aromatic rings. The van der Waals surface area contributed by atoms with Crippen LogP contribution in [0.25, 0.3) is 0 Å². The summed E-state index contributed by atoms with van der Waals surface area (Å²) < 4.78 is 27.1. The maximum absolute atomic E-state index is 12.0. The molecular weight excluding hydrogens is 510 g/mol. The number of ether oxygens (including phenoxy) is 5. The summed E-state index contributed by atoms with van der Waals surface area (Å²) in [6, 6.07) is -1.48. The summed E-state index contributed by atoms with van der Waals surface area (Å²) in [6.07, 6.45) is -23.4. The molecule has 37 heavy (non-hydrogen) atoms. The van der Waals surface area contributed by atoms with Gasteiger partial charge in [-0.2, -0.15) is 0 Å². The van der Waals surface area contributed by atoms with E-state index in [1.165, 1.54) is 0 Å². The van der Waals surface area contributed by atoms with E-state index in [1.54, 1.807) is 0 Å². The SMILES string of the molecule is CC(=O)N[C@H]1[C@H](O[C@H]2[C@@H](O)[C@H](O)[C@@H](CO)O[C@H]2O)O[C@H](CO)[C@@H](O)[C@@H]1O[C@@H]1O[C@H](CO)[C@H](O)[C@H](O)[C@H]1O. The van der Waals surface area contributed by atoms with Crippen LogP contribution in [0.5, 0.6) is 0 Å². The van der Waals surface area contributed by atoms with Gasteiger partial charge in [0, 0.05) is 6.92 Å². The van der Waals surface area contributed by atoms with Gasteiger partial charge in [0.1, 0.15) is 73.2 Å². The molecule has 3 heterocycles. The van der Waals surface area contributed by atoms with Crippen LogP contribution in [0.1, 0.15) is 6.92 Å². The molecule has 1 amide bonds. The van der Waals surface area contributed by atoms with Crippen LogP contribution in [0, 0.1) is 0 Å². The average Bonchev–Trinajstić information content (AvgIpc) is 2.86. The summed E-state index contributed by atoms with van der Waals surface area (Å²) in [7, 11) is 0. The van der Waals surface area contributed by atoms with Gasteiger partial charge in [0.05, 0.1) is 19.8 Å². The van der Waals surface area contributed by atoms with Crippen LogP contribution in [-0.4, -0.2) is 169 Å². The molecule has 3 aliphatic rings. The van der Waals surface area contributed by atoms with Crippen molar-refractivity contribution < 1.29 is 79.5 Å². The first-order valence-corrected chi connectivity index (χ1v) is 11.6. The van der Waals surface area contributed by atoms with Crippen molar-refractivity contribution in [2.45, 2.75) is 99.0 Å². The lowest BCUT2D eigenvalue weighted by atomic mass is 9.94. The number of carbonyl (C=O) groups excluding carboxylic acids is 1. The van der Waals surface area contributed by atoms with E-state index in [2.05, 4.69) is 5.32 Å². The Morgan fingerprint density at radius 3 is 1.70 bits per heavy atom. The van der Waals surface area contributed by atoms with Crippen LogP contribution in [-0.2, 0) is 28.5 Å². The van der Waals surface area contributed by atoms with Crippen LogP contribution in [0.15, 0.2) is 0 Å². The van der Waals surface area contributed by atoms with E-state index in [9.17, 15) is 55.9 Å². The third-order valence-corrected chi connectivity index (χ3v) is 6.50.